The van der Waals surface area contributed by atoms with Gasteiger partial charge in [0.25, 0.3) is 0 Å². The van der Waals surface area contributed by atoms with E-state index in [1.165, 1.54) is 18.4 Å². The topological polar surface area (TPSA) is 59.0 Å². The minimum Gasteiger partial charge on any atom is -0.377 e. The number of rotatable bonds is 3. The van der Waals surface area contributed by atoms with Gasteiger partial charge in [-0.25, -0.2) is 15.3 Å². The van der Waals surface area contributed by atoms with Gasteiger partial charge in [-0.1, -0.05) is 0 Å². The largest absolute Gasteiger partial charge is 0.377 e. The van der Waals surface area contributed by atoms with E-state index < -0.39 is 5.72 Å². The predicted molar refractivity (Wildman–Crippen MR) is 87.1 cm³/mol. The molecular weight excluding hydrogens is 292 g/mol. The highest BCUT2D eigenvalue weighted by molar-refractivity contribution is 5.97. The highest BCUT2D eigenvalue weighted by Crippen LogP contribution is 2.31. The second kappa shape index (κ2) is 6.19. The molecule has 6 nitrogen and oxygen atoms in total. The number of amidine groups is 1. The third-order valence-corrected chi connectivity index (χ3v) is 4.93. The molecule has 1 unspecified atom stereocenters. The van der Waals surface area contributed by atoms with E-state index in [4.69, 9.17) is 14.6 Å². The lowest BCUT2D eigenvalue weighted by molar-refractivity contribution is -0.0927. The van der Waals surface area contributed by atoms with Crippen LogP contribution in [0.3, 0.4) is 0 Å². The molecule has 1 spiro atoms. The Kier molecular flexibility index (Phi) is 4.05. The predicted octanol–water partition coefficient (Wildman–Crippen LogP) is 1.64. The number of hydroxylamine groups is 1. The fraction of sp³-hybridized carbons (Fsp3) is 0.647. The van der Waals surface area contributed by atoms with Crippen LogP contribution in [-0.4, -0.2) is 53.8 Å². The number of hydrogen-bond acceptors (Lipinski definition) is 6. The summed E-state index contributed by atoms with van der Waals surface area (Å²) in [6.45, 7) is 6.02. The van der Waals surface area contributed by atoms with E-state index >= 15 is 0 Å². The van der Waals surface area contributed by atoms with E-state index in [0.717, 1.165) is 50.6 Å². The van der Waals surface area contributed by atoms with Gasteiger partial charge in [0.05, 0.1) is 6.10 Å². The molecule has 1 aromatic heterocycles. The minimum atomic E-state index is -0.423. The summed E-state index contributed by atoms with van der Waals surface area (Å²) in [7, 11) is 0. The molecule has 0 saturated carbocycles. The quantitative estimate of drug-likeness (QED) is 0.919. The van der Waals surface area contributed by atoms with Gasteiger partial charge in [0.1, 0.15) is 5.69 Å². The molecule has 3 aliphatic rings. The second-order valence-corrected chi connectivity index (χ2v) is 6.76. The van der Waals surface area contributed by atoms with Gasteiger partial charge in [-0.15, -0.1) is 0 Å². The van der Waals surface area contributed by atoms with E-state index in [1.54, 1.807) is 0 Å². The Hall–Kier alpha value is -1.50. The normalized spacial score (nSPS) is 27.2. The number of nitrogens with zero attached hydrogens (tertiary/aromatic N) is 3. The first-order chi connectivity index (χ1) is 11.2. The lowest BCUT2D eigenvalue weighted by Gasteiger charge is -2.36. The van der Waals surface area contributed by atoms with Gasteiger partial charge in [0.2, 0.25) is 0 Å². The van der Waals surface area contributed by atoms with Crippen LogP contribution in [-0.2, 0) is 9.57 Å². The maximum atomic E-state index is 5.86. The molecule has 4 rings (SSSR count). The fourth-order valence-corrected chi connectivity index (χ4v) is 3.54. The van der Waals surface area contributed by atoms with Crippen LogP contribution in [0.1, 0.15) is 36.9 Å². The summed E-state index contributed by atoms with van der Waals surface area (Å²) in [5, 5.41) is 0. The van der Waals surface area contributed by atoms with Gasteiger partial charge in [0, 0.05) is 45.3 Å². The number of aromatic nitrogens is 1. The molecular formula is C17H24N4O2. The Labute approximate surface area is 136 Å². The Morgan fingerprint density at radius 3 is 3.00 bits per heavy atom. The number of piperidine rings is 1. The van der Waals surface area contributed by atoms with Crippen molar-refractivity contribution in [1.82, 2.24) is 15.4 Å². The van der Waals surface area contributed by atoms with Crippen molar-refractivity contribution in [3.8, 4) is 0 Å². The van der Waals surface area contributed by atoms with E-state index in [0.29, 0.717) is 6.10 Å². The van der Waals surface area contributed by atoms with E-state index in [9.17, 15) is 0 Å². The van der Waals surface area contributed by atoms with Crippen LogP contribution in [0.15, 0.2) is 23.3 Å². The van der Waals surface area contributed by atoms with Crippen LogP contribution in [0, 0.1) is 6.92 Å². The molecule has 124 valence electrons. The number of pyridine rings is 1. The number of likely N-dealkylation sites (tertiary alicyclic amines) is 1. The molecule has 2 saturated heterocycles. The van der Waals surface area contributed by atoms with E-state index in [-0.39, 0.29) is 0 Å². The first kappa shape index (κ1) is 15.1. The van der Waals surface area contributed by atoms with Crippen molar-refractivity contribution in [3.63, 3.8) is 0 Å². The third kappa shape index (κ3) is 3.24. The van der Waals surface area contributed by atoms with Crippen LogP contribution < -0.4 is 5.48 Å². The Morgan fingerprint density at radius 2 is 2.26 bits per heavy atom. The zero-order chi connectivity index (χ0) is 15.7. The van der Waals surface area contributed by atoms with Crippen LogP contribution >= 0.6 is 0 Å². The molecule has 0 aromatic carbocycles. The summed E-state index contributed by atoms with van der Waals surface area (Å²) in [5.41, 5.74) is 4.59. The maximum absolute atomic E-state index is 5.86. The zero-order valence-corrected chi connectivity index (χ0v) is 13.6. The minimum absolute atomic E-state index is 0.419. The Morgan fingerprint density at radius 1 is 1.39 bits per heavy atom. The molecule has 3 aliphatic heterocycles. The fourth-order valence-electron chi connectivity index (χ4n) is 3.54. The summed E-state index contributed by atoms with van der Waals surface area (Å²) < 4.78 is 5.74. The molecule has 1 aromatic rings. The highest BCUT2D eigenvalue weighted by Gasteiger charge is 2.41. The molecule has 1 N–H and O–H groups in total. The smallest absolute Gasteiger partial charge is 0.190 e. The van der Waals surface area contributed by atoms with Crippen molar-refractivity contribution in [2.24, 2.45) is 4.99 Å². The molecule has 6 heteroatoms. The van der Waals surface area contributed by atoms with Crippen LogP contribution in [0.5, 0.6) is 0 Å². The van der Waals surface area contributed by atoms with Gasteiger partial charge < -0.3 is 9.64 Å². The molecule has 0 aliphatic carbocycles. The molecule has 1 atom stereocenters. The van der Waals surface area contributed by atoms with Crippen LogP contribution in [0.25, 0.3) is 0 Å². The number of aryl methyl sites for hydroxylation is 1. The zero-order valence-electron chi connectivity index (χ0n) is 13.6. The standard InChI is InChI=1S/C17H24N4O2/c1-13-4-7-18-15(11-13)16-19-17(23-20-16)5-8-21(9-6-17)12-14-3-2-10-22-14/h4,7,11,14H,2-3,5-6,8-10,12H2,1H3,(H,19,20). The van der Waals surface area contributed by atoms with Gasteiger partial charge >= 0.3 is 0 Å². The first-order valence-corrected chi connectivity index (χ1v) is 8.53. The number of ether oxygens (including phenoxy) is 1. The van der Waals surface area contributed by atoms with E-state index in [1.807, 2.05) is 18.3 Å². The van der Waals surface area contributed by atoms with Crippen molar-refractivity contribution in [2.75, 3.05) is 26.2 Å². The van der Waals surface area contributed by atoms with Gasteiger partial charge in [-0.2, -0.15) is 0 Å². The van der Waals surface area contributed by atoms with Crippen LogP contribution in [0.4, 0.5) is 0 Å². The van der Waals surface area contributed by atoms with Gasteiger partial charge in [0.15, 0.2) is 11.6 Å². The van der Waals surface area contributed by atoms with Crippen molar-refractivity contribution in [2.45, 2.75) is 44.4 Å². The molecule has 4 heterocycles. The first-order valence-electron chi connectivity index (χ1n) is 8.53. The lowest BCUT2D eigenvalue weighted by Crippen LogP contribution is -2.46. The Bertz CT molecular complexity index is 590. The van der Waals surface area contributed by atoms with Crippen LogP contribution in [0.2, 0.25) is 0 Å². The monoisotopic (exact) mass is 316 g/mol. The SMILES string of the molecule is Cc1ccnc(C2=NC3(CCN(CC4CCCO4)CC3)ON2)c1. The third-order valence-electron chi connectivity index (χ3n) is 4.93. The lowest BCUT2D eigenvalue weighted by atomic mass is 10.0. The van der Waals surface area contributed by atoms with Gasteiger partial charge in [-0.3, -0.25) is 4.98 Å². The molecule has 0 amide bonds. The average molecular weight is 316 g/mol. The molecule has 0 radical (unpaired) electrons. The van der Waals surface area contributed by atoms with Crippen molar-refractivity contribution in [3.05, 3.63) is 29.6 Å². The maximum Gasteiger partial charge on any atom is 0.190 e. The van der Waals surface area contributed by atoms with Crippen molar-refractivity contribution in [1.29, 1.82) is 0 Å². The van der Waals surface area contributed by atoms with Gasteiger partial charge in [-0.05, 0) is 37.5 Å². The summed E-state index contributed by atoms with van der Waals surface area (Å²) in [6.07, 6.45) is 6.43. The molecule has 2 fully saturated rings. The number of nitrogens with one attached hydrogen (secondary N) is 1. The Balaban J connectivity index is 1.39. The summed E-state index contributed by atoms with van der Waals surface area (Å²) in [5.74, 6) is 0.751. The number of hydrogen-bond donors (Lipinski definition) is 1. The molecule has 23 heavy (non-hydrogen) atoms. The average Bonchev–Trinajstić information content (AvgIpc) is 3.20. The van der Waals surface area contributed by atoms with Crippen molar-refractivity contribution >= 4 is 5.84 Å². The summed E-state index contributed by atoms with van der Waals surface area (Å²) in [6, 6.07) is 4.01. The summed E-state index contributed by atoms with van der Waals surface area (Å²) >= 11 is 0. The summed E-state index contributed by atoms with van der Waals surface area (Å²) in [4.78, 5) is 17.5. The molecule has 0 bridgehead atoms. The highest BCUT2D eigenvalue weighted by atomic mass is 16.7. The van der Waals surface area contributed by atoms with E-state index in [2.05, 4.69) is 22.3 Å². The number of aliphatic imine (C=N–C) groups is 1. The second-order valence-electron chi connectivity index (χ2n) is 6.76. The van der Waals surface area contributed by atoms with Crippen molar-refractivity contribution < 1.29 is 9.57 Å².